The molecule has 0 saturated heterocycles. The highest BCUT2D eigenvalue weighted by atomic mass is 32.1. The number of thiophene rings is 1. The number of aryl methyl sites for hydroxylation is 1. The quantitative estimate of drug-likeness (QED) is 0.577. The van der Waals surface area contributed by atoms with E-state index in [4.69, 9.17) is 4.99 Å². The van der Waals surface area contributed by atoms with Crippen LogP contribution in [-0.2, 0) is 0 Å². The molecule has 0 N–H and O–H groups in total. The van der Waals surface area contributed by atoms with Gasteiger partial charge in [-0.2, -0.15) is 0 Å². The van der Waals surface area contributed by atoms with E-state index in [1.807, 2.05) is 0 Å². The van der Waals surface area contributed by atoms with E-state index in [2.05, 4.69) is 72.5 Å². The summed E-state index contributed by atoms with van der Waals surface area (Å²) in [5.41, 5.74) is 3.56. The summed E-state index contributed by atoms with van der Waals surface area (Å²) in [5, 5.41) is 4.36. The largest absolute Gasteiger partial charge is 0.313 e. The maximum atomic E-state index is 4.87. The van der Waals surface area contributed by atoms with Crippen LogP contribution in [0.1, 0.15) is 31.9 Å². The SMILES string of the molecule is CCC(C)n1c(-c2cccs2)csc1=Nc1ccc(C)cc1. The van der Waals surface area contributed by atoms with Gasteiger partial charge in [0.05, 0.1) is 16.3 Å². The molecular weight excluding hydrogens is 308 g/mol. The molecule has 2 heterocycles. The first-order valence-electron chi connectivity index (χ1n) is 7.54. The van der Waals surface area contributed by atoms with Gasteiger partial charge in [0.15, 0.2) is 4.80 Å². The van der Waals surface area contributed by atoms with Gasteiger partial charge in [0.1, 0.15) is 0 Å². The van der Waals surface area contributed by atoms with Crippen LogP contribution in [0.5, 0.6) is 0 Å². The molecule has 1 aromatic carbocycles. The molecular formula is C18H20N2S2. The van der Waals surface area contributed by atoms with Gasteiger partial charge in [-0.25, -0.2) is 4.99 Å². The maximum Gasteiger partial charge on any atom is 0.190 e. The lowest BCUT2D eigenvalue weighted by molar-refractivity contribution is 0.524. The Morgan fingerprint density at radius 1 is 1.14 bits per heavy atom. The minimum atomic E-state index is 0.438. The highest BCUT2D eigenvalue weighted by Crippen LogP contribution is 2.28. The molecule has 1 unspecified atom stereocenters. The molecule has 1 atom stereocenters. The Bertz CT molecular complexity index is 792. The molecule has 2 nitrogen and oxygen atoms in total. The highest BCUT2D eigenvalue weighted by molar-refractivity contribution is 7.14. The van der Waals surface area contributed by atoms with Crippen LogP contribution in [0.3, 0.4) is 0 Å². The van der Waals surface area contributed by atoms with Crippen molar-refractivity contribution in [3.8, 4) is 10.6 Å². The Morgan fingerprint density at radius 2 is 1.91 bits per heavy atom. The molecule has 0 bridgehead atoms. The normalized spacial score (nSPS) is 13.5. The molecule has 22 heavy (non-hydrogen) atoms. The molecule has 3 aromatic rings. The van der Waals surface area contributed by atoms with Gasteiger partial charge in [0, 0.05) is 11.4 Å². The van der Waals surface area contributed by atoms with E-state index in [0.29, 0.717) is 6.04 Å². The molecule has 2 aromatic heterocycles. The average molecular weight is 329 g/mol. The van der Waals surface area contributed by atoms with Crippen molar-refractivity contribution >= 4 is 28.4 Å². The molecule has 0 aliphatic carbocycles. The van der Waals surface area contributed by atoms with Crippen molar-refractivity contribution in [2.24, 2.45) is 4.99 Å². The summed E-state index contributed by atoms with van der Waals surface area (Å²) < 4.78 is 2.37. The number of aromatic nitrogens is 1. The van der Waals surface area contributed by atoms with E-state index in [1.165, 1.54) is 16.1 Å². The van der Waals surface area contributed by atoms with Crippen LogP contribution in [0.15, 0.2) is 52.2 Å². The smallest absolute Gasteiger partial charge is 0.190 e. The number of benzene rings is 1. The van der Waals surface area contributed by atoms with Crippen LogP contribution in [0, 0.1) is 6.92 Å². The van der Waals surface area contributed by atoms with Crippen LogP contribution < -0.4 is 4.80 Å². The third-order valence-corrected chi connectivity index (χ3v) is 5.54. The van der Waals surface area contributed by atoms with Crippen molar-refractivity contribution in [1.82, 2.24) is 4.57 Å². The summed E-state index contributed by atoms with van der Waals surface area (Å²) in [6.07, 6.45) is 1.09. The fraction of sp³-hybridized carbons (Fsp3) is 0.278. The molecule has 4 heteroatoms. The second-order valence-electron chi connectivity index (χ2n) is 5.46. The molecule has 0 saturated carbocycles. The Balaban J connectivity index is 2.13. The summed E-state index contributed by atoms with van der Waals surface area (Å²) in [6.45, 7) is 6.59. The molecule has 3 rings (SSSR count). The average Bonchev–Trinajstić information content (AvgIpc) is 3.18. The summed E-state index contributed by atoms with van der Waals surface area (Å²) >= 11 is 3.50. The zero-order valence-electron chi connectivity index (χ0n) is 13.1. The fourth-order valence-corrected chi connectivity index (χ4v) is 4.17. The maximum absolute atomic E-state index is 4.87. The first-order valence-corrected chi connectivity index (χ1v) is 9.30. The van der Waals surface area contributed by atoms with E-state index in [1.54, 1.807) is 22.7 Å². The lowest BCUT2D eigenvalue weighted by Crippen LogP contribution is -2.19. The van der Waals surface area contributed by atoms with E-state index >= 15 is 0 Å². The molecule has 114 valence electrons. The van der Waals surface area contributed by atoms with Crippen molar-refractivity contribution in [1.29, 1.82) is 0 Å². The van der Waals surface area contributed by atoms with Crippen molar-refractivity contribution in [2.45, 2.75) is 33.2 Å². The van der Waals surface area contributed by atoms with E-state index < -0.39 is 0 Å². The third-order valence-electron chi connectivity index (χ3n) is 3.81. The second kappa shape index (κ2) is 6.63. The van der Waals surface area contributed by atoms with E-state index in [0.717, 1.165) is 16.9 Å². The minimum Gasteiger partial charge on any atom is -0.313 e. The van der Waals surface area contributed by atoms with Gasteiger partial charge in [0.2, 0.25) is 0 Å². The number of hydrogen-bond acceptors (Lipinski definition) is 3. The number of thiazole rings is 1. The van der Waals surface area contributed by atoms with Crippen molar-refractivity contribution in [3.05, 3.63) is 57.5 Å². The monoisotopic (exact) mass is 328 g/mol. The lowest BCUT2D eigenvalue weighted by atomic mass is 10.2. The molecule has 0 amide bonds. The van der Waals surface area contributed by atoms with Gasteiger partial charge in [-0.3, -0.25) is 0 Å². The van der Waals surface area contributed by atoms with Crippen molar-refractivity contribution < 1.29 is 0 Å². The predicted octanol–water partition coefficient (Wildman–Crippen LogP) is 5.79. The Morgan fingerprint density at radius 3 is 2.55 bits per heavy atom. The first kappa shape index (κ1) is 15.3. The zero-order valence-corrected chi connectivity index (χ0v) is 14.7. The molecule has 0 radical (unpaired) electrons. The topological polar surface area (TPSA) is 17.3 Å². The van der Waals surface area contributed by atoms with Crippen LogP contribution in [0.25, 0.3) is 10.6 Å². The Kier molecular flexibility index (Phi) is 4.60. The fourth-order valence-electron chi connectivity index (χ4n) is 2.34. The van der Waals surface area contributed by atoms with Crippen LogP contribution in [0.2, 0.25) is 0 Å². The van der Waals surface area contributed by atoms with Crippen LogP contribution in [0.4, 0.5) is 5.69 Å². The Labute approximate surface area is 139 Å². The molecule has 0 spiro atoms. The van der Waals surface area contributed by atoms with Gasteiger partial charge in [-0.1, -0.05) is 30.7 Å². The van der Waals surface area contributed by atoms with Crippen LogP contribution >= 0.6 is 22.7 Å². The van der Waals surface area contributed by atoms with Crippen molar-refractivity contribution in [3.63, 3.8) is 0 Å². The van der Waals surface area contributed by atoms with Crippen molar-refractivity contribution in [2.75, 3.05) is 0 Å². The lowest BCUT2D eigenvalue weighted by Gasteiger charge is -2.14. The van der Waals surface area contributed by atoms with E-state index in [9.17, 15) is 0 Å². The third kappa shape index (κ3) is 3.08. The number of nitrogens with zero attached hydrogens (tertiary/aromatic N) is 2. The summed E-state index contributed by atoms with van der Waals surface area (Å²) in [7, 11) is 0. The van der Waals surface area contributed by atoms with Gasteiger partial charge < -0.3 is 4.57 Å². The van der Waals surface area contributed by atoms with Gasteiger partial charge in [-0.15, -0.1) is 22.7 Å². The van der Waals surface area contributed by atoms with E-state index in [-0.39, 0.29) is 0 Å². The first-order chi connectivity index (χ1) is 10.7. The number of rotatable bonds is 4. The number of hydrogen-bond donors (Lipinski definition) is 0. The van der Waals surface area contributed by atoms with Gasteiger partial charge in [0.25, 0.3) is 0 Å². The highest BCUT2D eigenvalue weighted by Gasteiger charge is 2.13. The standard InChI is InChI=1S/C18H20N2S2/c1-4-14(3)20-16(17-6-5-11-21-17)12-22-18(20)19-15-9-7-13(2)8-10-15/h5-12,14H,4H2,1-3H3. The Hall–Kier alpha value is -1.65. The molecule has 0 aliphatic heterocycles. The summed E-state index contributed by atoms with van der Waals surface area (Å²) in [4.78, 5) is 7.25. The van der Waals surface area contributed by atoms with Gasteiger partial charge in [-0.05, 0) is 43.8 Å². The summed E-state index contributed by atoms with van der Waals surface area (Å²) in [5.74, 6) is 0. The minimum absolute atomic E-state index is 0.438. The summed E-state index contributed by atoms with van der Waals surface area (Å²) in [6, 6.07) is 13.1. The molecule has 0 aliphatic rings. The second-order valence-corrected chi connectivity index (χ2v) is 7.24. The predicted molar refractivity (Wildman–Crippen MR) is 97.0 cm³/mol. The van der Waals surface area contributed by atoms with Crippen LogP contribution in [-0.4, -0.2) is 4.57 Å². The zero-order chi connectivity index (χ0) is 15.5. The molecule has 0 fully saturated rings. The van der Waals surface area contributed by atoms with Gasteiger partial charge >= 0.3 is 0 Å².